The summed E-state index contributed by atoms with van der Waals surface area (Å²) in [4.78, 5) is 32.7. The number of hydrogen-bond donors (Lipinski definition) is 1. The molecule has 2 amide bonds. The topological polar surface area (TPSA) is 67.2 Å². The van der Waals surface area contributed by atoms with E-state index in [9.17, 15) is 9.59 Å². The second-order valence-electron chi connectivity index (χ2n) is 8.49. The molecular formula is C27H26N4O2. The average molecular weight is 439 g/mol. The predicted octanol–water partition coefficient (Wildman–Crippen LogP) is 4.18. The van der Waals surface area contributed by atoms with Crippen molar-refractivity contribution in [3.63, 3.8) is 0 Å². The van der Waals surface area contributed by atoms with Crippen molar-refractivity contribution >= 4 is 28.8 Å². The standard InChI is InChI=1S/C27H26N4O2/c1-19-8-7-11-21(16-19)18-30-26(33)24(31-23-13-6-5-12-22(23)29-27(30)31)17-25(32)28-15-14-20-9-3-2-4-10-20/h2-13,16,24H,14-15,17-18H2,1H3,(H,28,32)/t24-/m0/s1. The molecule has 3 aromatic carbocycles. The van der Waals surface area contributed by atoms with Gasteiger partial charge in [-0.2, -0.15) is 0 Å². The molecular weight excluding hydrogens is 412 g/mol. The van der Waals surface area contributed by atoms with E-state index in [2.05, 4.69) is 11.4 Å². The van der Waals surface area contributed by atoms with Gasteiger partial charge in [-0.15, -0.1) is 0 Å². The van der Waals surface area contributed by atoms with Gasteiger partial charge in [-0.3, -0.25) is 19.1 Å². The van der Waals surface area contributed by atoms with Crippen molar-refractivity contribution in [1.82, 2.24) is 14.9 Å². The van der Waals surface area contributed by atoms with Crippen LogP contribution >= 0.6 is 0 Å². The highest BCUT2D eigenvalue weighted by Gasteiger charge is 2.40. The molecule has 33 heavy (non-hydrogen) atoms. The van der Waals surface area contributed by atoms with Gasteiger partial charge in [0, 0.05) is 6.54 Å². The van der Waals surface area contributed by atoms with Crippen LogP contribution in [-0.2, 0) is 22.6 Å². The minimum atomic E-state index is -0.603. The van der Waals surface area contributed by atoms with Crippen LogP contribution in [0.2, 0.25) is 0 Å². The van der Waals surface area contributed by atoms with E-state index in [-0.39, 0.29) is 18.2 Å². The molecule has 0 bridgehead atoms. The molecule has 1 aliphatic heterocycles. The molecule has 0 spiro atoms. The summed E-state index contributed by atoms with van der Waals surface area (Å²) in [6, 6.07) is 25.3. The second-order valence-corrected chi connectivity index (χ2v) is 8.49. The molecule has 6 nitrogen and oxygen atoms in total. The number of hydrogen-bond acceptors (Lipinski definition) is 3. The van der Waals surface area contributed by atoms with Crippen molar-refractivity contribution in [2.45, 2.75) is 32.4 Å². The second kappa shape index (κ2) is 8.90. The predicted molar refractivity (Wildman–Crippen MR) is 129 cm³/mol. The first kappa shape index (κ1) is 20.9. The molecule has 1 atom stereocenters. The zero-order valence-corrected chi connectivity index (χ0v) is 18.6. The van der Waals surface area contributed by atoms with Crippen molar-refractivity contribution in [2.24, 2.45) is 0 Å². The third kappa shape index (κ3) is 4.24. The van der Waals surface area contributed by atoms with Crippen LogP contribution in [0.15, 0.2) is 78.9 Å². The fourth-order valence-electron chi connectivity index (χ4n) is 4.48. The monoisotopic (exact) mass is 438 g/mol. The quantitative estimate of drug-likeness (QED) is 0.471. The van der Waals surface area contributed by atoms with E-state index in [4.69, 9.17) is 4.98 Å². The van der Waals surface area contributed by atoms with Gasteiger partial charge >= 0.3 is 0 Å². The number of nitrogens with one attached hydrogen (secondary N) is 1. The highest BCUT2D eigenvalue weighted by atomic mass is 16.2. The minimum absolute atomic E-state index is 0.0886. The maximum Gasteiger partial charge on any atom is 0.253 e. The normalized spacial score (nSPS) is 15.1. The molecule has 2 heterocycles. The van der Waals surface area contributed by atoms with Crippen LogP contribution < -0.4 is 10.2 Å². The Morgan fingerprint density at radius 1 is 0.970 bits per heavy atom. The molecule has 0 radical (unpaired) electrons. The maximum absolute atomic E-state index is 13.5. The van der Waals surface area contributed by atoms with Gasteiger partial charge in [0.25, 0.3) is 5.91 Å². The third-order valence-corrected chi connectivity index (χ3v) is 6.06. The summed E-state index contributed by atoms with van der Waals surface area (Å²) >= 11 is 0. The van der Waals surface area contributed by atoms with E-state index in [0.717, 1.165) is 28.6 Å². The van der Waals surface area contributed by atoms with Crippen LogP contribution in [0.25, 0.3) is 11.0 Å². The van der Waals surface area contributed by atoms with Crippen LogP contribution in [-0.4, -0.2) is 27.9 Å². The van der Waals surface area contributed by atoms with E-state index >= 15 is 0 Å². The summed E-state index contributed by atoms with van der Waals surface area (Å²) in [5.74, 6) is 0.373. The number of aryl methyl sites for hydroxylation is 1. The molecule has 0 saturated heterocycles. The fraction of sp³-hybridized carbons (Fsp3) is 0.222. The summed E-state index contributed by atoms with van der Waals surface area (Å²) in [6.07, 6.45) is 0.842. The smallest absolute Gasteiger partial charge is 0.253 e. The number of carbonyl (C=O) groups excluding carboxylic acids is 2. The molecule has 5 rings (SSSR count). The number of carbonyl (C=O) groups is 2. The van der Waals surface area contributed by atoms with E-state index in [1.54, 1.807) is 4.90 Å². The summed E-state index contributed by atoms with van der Waals surface area (Å²) < 4.78 is 1.92. The lowest BCUT2D eigenvalue weighted by Gasteiger charge is -2.16. The molecule has 4 aromatic rings. The molecule has 0 saturated carbocycles. The molecule has 6 heteroatoms. The summed E-state index contributed by atoms with van der Waals surface area (Å²) in [6.45, 7) is 3.00. The Balaban J connectivity index is 1.37. The zero-order valence-electron chi connectivity index (χ0n) is 18.6. The number of benzene rings is 3. The van der Waals surface area contributed by atoms with Crippen molar-refractivity contribution < 1.29 is 9.59 Å². The van der Waals surface area contributed by atoms with Crippen LogP contribution in [0.4, 0.5) is 5.95 Å². The van der Waals surface area contributed by atoms with Gasteiger partial charge in [0.1, 0.15) is 6.04 Å². The number of rotatable bonds is 7. The van der Waals surface area contributed by atoms with Crippen LogP contribution in [0.1, 0.15) is 29.2 Å². The number of imidazole rings is 1. The first-order valence-corrected chi connectivity index (χ1v) is 11.2. The Hall–Kier alpha value is -3.93. The van der Waals surface area contributed by atoms with E-state index in [1.165, 1.54) is 5.56 Å². The lowest BCUT2D eigenvalue weighted by molar-refractivity contribution is -0.127. The minimum Gasteiger partial charge on any atom is -0.356 e. The highest BCUT2D eigenvalue weighted by molar-refractivity contribution is 6.03. The molecule has 0 aliphatic carbocycles. The first-order valence-electron chi connectivity index (χ1n) is 11.2. The number of nitrogens with zero attached hydrogens (tertiary/aromatic N) is 3. The van der Waals surface area contributed by atoms with Gasteiger partial charge in [-0.1, -0.05) is 72.3 Å². The molecule has 1 N–H and O–H groups in total. The molecule has 1 aromatic heterocycles. The summed E-state index contributed by atoms with van der Waals surface area (Å²) in [5, 5.41) is 2.98. The van der Waals surface area contributed by atoms with Crippen LogP contribution in [0, 0.1) is 6.92 Å². The van der Waals surface area contributed by atoms with Crippen molar-refractivity contribution in [3.8, 4) is 0 Å². The third-order valence-electron chi connectivity index (χ3n) is 6.06. The Morgan fingerprint density at radius 3 is 2.55 bits per heavy atom. The lowest BCUT2D eigenvalue weighted by Crippen LogP contribution is -2.33. The van der Waals surface area contributed by atoms with Gasteiger partial charge in [0.05, 0.1) is 24.0 Å². The fourth-order valence-corrected chi connectivity index (χ4v) is 4.48. The van der Waals surface area contributed by atoms with Gasteiger partial charge < -0.3 is 5.32 Å². The molecule has 0 unspecified atom stereocenters. The number of aromatic nitrogens is 2. The number of para-hydroxylation sites is 2. The average Bonchev–Trinajstić information content (AvgIpc) is 3.31. The van der Waals surface area contributed by atoms with Gasteiger partial charge in [0.15, 0.2) is 0 Å². The molecule has 166 valence electrons. The van der Waals surface area contributed by atoms with E-state index < -0.39 is 6.04 Å². The summed E-state index contributed by atoms with van der Waals surface area (Å²) in [5.41, 5.74) is 5.04. The van der Waals surface area contributed by atoms with Crippen molar-refractivity contribution in [1.29, 1.82) is 0 Å². The highest BCUT2D eigenvalue weighted by Crippen LogP contribution is 2.37. The van der Waals surface area contributed by atoms with Crippen molar-refractivity contribution in [2.75, 3.05) is 11.4 Å². The van der Waals surface area contributed by atoms with Gasteiger partial charge in [0.2, 0.25) is 11.9 Å². The Labute approximate surface area is 192 Å². The molecule has 1 aliphatic rings. The van der Waals surface area contributed by atoms with E-state index in [0.29, 0.717) is 19.0 Å². The number of fused-ring (bicyclic) bond motifs is 3. The Morgan fingerprint density at radius 2 is 1.73 bits per heavy atom. The summed E-state index contributed by atoms with van der Waals surface area (Å²) in [7, 11) is 0. The SMILES string of the molecule is Cc1cccc(CN2C(=O)[C@H](CC(=O)NCCc3ccccc3)n3c2nc2ccccc23)c1. The van der Waals surface area contributed by atoms with E-state index in [1.807, 2.05) is 84.3 Å². The number of amides is 2. The molecule has 0 fully saturated rings. The van der Waals surface area contributed by atoms with Gasteiger partial charge in [-0.05, 0) is 36.6 Å². The Bertz CT molecular complexity index is 1310. The number of anilines is 1. The first-order chi connectivity index (χ1) is 16.1. The largest absolute Gasteiger partial charge is 0.356 e. The Kier molecular flexibility index (Phi) is 5.65. The van der Waals surface area contributed by atoms with Gasteiger partial charge in [-0.25, -0.2) is 4.98 Å². The zero-order chi connectivity index (χ0) is 22.8. The van der Waals surface area contributed by atoms with Crippen molar-refractivity contribution in [3.05, 3.63) is 95.6 Å². The lowest BCUT2D eigenvalue weighted by atomic mass is 10.1. The van der Waals surface area contributed by atoms with Crippen LogP contribution in [0.3, 0.4) is 0 Å². The van der Waals surface area contributed by atoms with Crippen LogP contribution in [0.5, 0.6) is 0 Å². The maximum atomic E-state index is 13.5.